The van der Waals surface area contributed by atoms with Gasteiger partial charge in [-0.3, -0.25) is 9.00 Å². The number of nitrogens with zero attached hydrogens (tertiary/aromatic N) is 2. The molecule has 5 rings (SSSR count). The smallest absolute Gasteiger partial charge is 0.406 e. The number of rotatable bonds is 9. The number of aromatic nitrogens is 2. The van der Waals surface area contributed by atoms with Gasteiger partial charge in [0.15, 0.2) is 5.82 Å². The van der Waals surface area contributed by atoms with Gasteiger partial charge >= 0.3 is 6.36 Å². The van der Waals surface area contributed by atoms with E-state index in [0.29, 0.717) is 56.2 Å². The number of nitrogens with one attached hydrogen (secondary N) is 1. The van der Waals surface area contributed by atoms with E-state index in [0.717, 1.165) is 17.7 Å². The van der Waals surface area contributed by atoms with Crippen LogP contribution >= 0.6 is 23.2 Å². The van der Waals surface area contributed by atoms with Crippen molar-refractivity contribution in [2.24, 2.45) is 0 Å². The van der Waals surface area contributed by atoms with Crippen molar-refractivity contribution < 1.29 is 31.4 Å². The average molecular weight is 624 g/mol. The van der Waals surface area contributed by atoms with E-state index in [4.69, 9.17) is 27.7 Å². The summed E-state index contributed by atoms with van der Waals surface area (Å²) in [5, 5.41) is 7.54. The van der Waals surface area contributed by atoms with Gasteiger partial charge < -0.3 is 14.6 Å². The number of alkyl halides is 3. The van der Waals surface area contributed by atoms with Crippen molar-refractivity contribution >= 4 is 45.6 Å². The van der Waals surface area contributed by atoms with Crippen molar-refractivity contribution in [3.05, 3.63) is 87.7 Å². The zero-order chi connectivity index (χ0) is 29.4. The highest BCUT2D eigenvalue weighted by atomic mass is 35.5. The molecule has 7 nitrogen and oxygen atoms in total. The highest BCUT2D eigenvalue weighted by molar-refractivity contribution is 7.85. The van der Waals surface area contributed by atoms with Gasteiger partial charge in [-0.05, 0) is 66.9 Å². The second-order valence-corrected chi connectivity index (χ2v) is 11.9. The first-order valence-electron chi connectivity index (χ1n) is 12.4. The monoisotopic (exact) mass is 623 g/mol. The normalized spacial score (nSPS) is 14.9. The second-order valence-electron chi connectivity index (χ2n) is 9.40. The molecule has 1 atom stereocenters. The molecule has 1 aliphatic carbocycles. The Morgan fingerprint density at radius 1 is 1.07 bits per heavy atom. The van der Waals surface area contributed by atoms with E-state index in [1.165, 1.54) is 12.1 Å². The summed E-state index contributed by atoms with van der Waals surface area (Å²) in [6.07, 6.45) is -3.39. The Kier molecular flexibility index (Phi) is 8.13. The minimum absolute atomic E-state index is 0.106. The summed E-state index contributed by atoms with van der Waals surface area (Å²) in [5.41, 5.74) is 1.50. The van der Waals surface area contributed by atoms with Crippen LogP contribution in [0.3, 0.4) is 0 Å². The van der Waals surface area contributed by atoms with Crippen LogP contribution in [0.2, 0.25) is 10.0 Å². The van der Waals surface area contributed by atoms with E-state index in [1.54, 1.807) is 36.4 Å². The van der Waals surface area contributed by atoms with Gasteiger partial charge in [-0.1, -0.05) is 47.4 Å². The van der Waals surface area contributed by atoms with Gasteiger partial charge in [0.2, 0.25) is 5.91 Å². The first-order valence-corrected chi connectivity index (χ1v) is 14.5. The highest BCUT2D eigenvalue weighted by Crippen LogP contribution is 2.57. The topological polar surface area (TPSA) is 94.3 Å². The molecule has 0 spiro atoms. The number of benzene rings is 3. The Morgan fingerprint density at radius 2 is 1.71 bits per heavy atom. The minimum atomic E-state index is -4.79. The van der Waals surface area contributed by atoms with Gasteiger partial charge in [-0.15, -0.1) is 13.2 Å². The Balaban J connectivity index is 1.30. The molecule has 0 saturated heterocycles. The molecule has 1 aliphatic rings. The van der Waals surface area contributed by atoms with Crippen LogP contribution < -0.4 is 10.1 Å². The number of hydrogen-bond acceptors (Lipinski definition) is 6. The molecule has 13 heteroatoms. The van der Waals surface area contributed by atoms with Crippen LogP contribution in [0.5, 0.6) is 5.75 Å². The number of halogens is 5. The summed E-state index contributed by atoms with van der Waals surface area (Å²) >= 11 is 13.3. The lowest BCUT2D eigenvalue weighted by atomic mass is 9.94. The van der Waals surface area contributed by atoms with Crippen molar-refractivity contribution in [2.75, 3.05) is 11.1 Å². The zero-order valence-corrected chi connectivity index (χ0v) is 23.8. The zero-order valence-electron chi connectivity index (χ0n) is 21.4. The van der Waals surface area contributed by atoms with Gasteiger partial charge in [-0.2, -0.15) is 4.98 Å². The molecule has 1 fully saturated rings. The van der Waals surface area contributed by atoms with E-state index < -0.39 is 22.6 Å². The molecule has 0 radical (unpaired) electrons. The van der Waals surface area contributed by atoms with E-state index in [1.807, 2.05) is 6.92 Å². The lowest BCUT2D eigenvalue weighted by Gasteiger charge is -2.17. The molecule has 41 heavy (non-hydrogen) atoms. The number of ether oxygens (including phenoxy) is 1. The van der Waals surface area contributed by atoms with Gasteiger partial charge in [0.1, 0.15) is 5.75 Å². The molecular formula is C28H22Cl2F3N3O4S. The maximum absolute atomic E-state index is 12.7. The van der Waals surface area contributed by atoms with Crippen LogP contribution in [0, 0.1) is 0 Å². The molecule has 1 aromatic heterocycles. The molecule has 1 amide bonds. The maximum Gasteiger partial charge on any atom is 0.573 e. The first-order chi connectivity index (χ1) is 19.5. The Hall–Kier alpha value is -3.41. The summed E-state index contributed by atoms with van der Waals surface area (Å²) in [6.45, 7) is 1.84. The molecule has 1 unspecified atom stereocenters. The van der Waals surface area contributed by atoms with Crippen LogP contribution in [0.1, 0.15) is 36.7 Å². The average Bonchev–Trinajstić information content (AvgIpc) is 3.54. The van der Waals surface area contributed by atoms with Gasteiger partial charge in [0.25, 0.3) is 5.89 Å². The Morgan fingerprint density at radius 3 is 2.27 bits per heavy atom. The third-order valence-corrected chi connectivity index (χ3v) is 8.47. The summed E-state index contributed by atoms with van der Waals surface area (Å²) in [4.78, 5) is 17.8. The number of hydrogen-bond donors (Lipinski definition) is 1. The molecule has 1 N–H and O–H groups in total. The van der Waals surface area contributed by atoms with Crippen molar-refractivity contribution in [3.63, 3.8) is 0 Å². The fraction of sp³-hybridized carbons (Fsp3) is 0.250. The first kappa shape index (κ1) is 29.1. The van der Waals surface area contributed by atoms with E-state index in [-0.39, 0.29) is 24.0 Å². The van der Waals surface area contributed by atoms with Crippen molar-refractivity contribution in [3.8, 4) is 17.2 Å². The standard InChI is InChI=1S/C28H22Cl2F3N3O4S/c1-2-41(38)20-9-3-16(4-10-20)13-23(37)34-18-14-21(29)24(22(30)15-18)27(11-12-27)26-35-25(40-36-26)17-5-7-19(8-6-17)39-28(31,32)33/h3-10,14-15H,2,11-13H2,1H3,(H,34,37). The Bertz CT molecular complexity index is 1580. The summed E-state index contributed by atoms with van der Waals surface area (Å²) in [7, 11) is -1.06. The van der Waals surface area contributed by atoms with E-state index in [9.17, 15) is 22.2 Å². The SMILES string of the molecule is CCS(=O)c1ccc(CC(=O)Nc2cc(Cl)c(C3(c4noc(-c5ccc(OC(F)(F)F)cc5)n4)CC3)c(Cl)c2)cc1. The largest absolute Gasteiger partial charge is 0.573 e. The van der Waals surface area contributed by atoms with Crippen molar-refractivity contribution in [1.82, 2.24) is 10.1 Å². The second kappa shape index (κ2) is 11.5. The minimum Gasteiger partial charge on any atom is -0.406 e. The lowest BCUT2D eigenvalue weighted by molar-refractivity contribution is -0.274. The van der Waals surface area contributed by atoms with Crippen LogP contribution in [0.25, 0.3) is 11.5 Å². The number of amides is 1. The molecule has 0 aliphatic heterocycles. The van der Waals surface area contributed by atoms with Crippen LogP contribution in [-0.4, -0.2) is 32.4 Å². The number of carbonyl (C=O) groups is 1. The lowest BCUT2D eigenvalue weighted by Crippen LogP contribution is -2.16. The fourth-order valence-electron chi connectivity index (χ4n) is 4.46. The number of carbonyl (C=O) groups excluding carboxylic acids is 1. The highest BCUT2D eigenvalue weighted by Gasteiger charge is 2.52. The van der Waals surface area contributed by atoms with Crippen molar-refractivity contribution in [2.45, 2.75) is 42.9 Å². The summed E-state index contributed by atoms with van der Waals surface area (Å²) in [5.74, 6) is 0.341. The van der Waals surface area contributed by atoms with E-state index >= 15 is 0 Å². The Labute approximate surface area is 245 Å². The quantitative estimate of drug-likeness (QED) is 0.210. The summed E-state index contributed by atoms with van der Waals surface area (Å²) in [6, 6.07) is 15.3. The van der Waals surface area contributed by atoms with Crippen LogP contribution in [0.4, 0.5) is 18.9 Å². The van der Waals surface area contributed by atoms with Crippen LogP contribution in [-0.2, 0) is 27.4 Å². The predicted molar refractivity (Wildman–Crippen MR) is 149 cm³/mol. The molecule has 1 saturated carbocycles. The third-order valence-electron chi connectivity index (χ3n) is 6.56. The number of anilines is 1. The molecule has 0 bridgehead atoms. The molecule has 214 valence electrons. The van der Waals surface area contributed by atoms with Gasteiger partial charge in [0, 0.05) is 37.5 Å². The predicted octanol–water partition coefficient (Wildman–Crippen LogP) is 7.33. The molecular weight excluding hydrogens is 602 g/mol. The fourth-order valence-corrected chi connectivity index (χ4v) is 6.09. The van der Waals surface area contributed by atoms with Gasteiger partial charge in [-0.25, -0.2) is 0 Å². The molecule has 4 aromatic rings. The van der Waals surface area contributed by atoms with Gasteiger partial charge in [0.05, 0.1) is 22.6 Å². The van der Waals surface area contributed by atoms with E-state index in [2.05, 4.69) is 20.2 Å². The maximum atomic E-state index is 12.7. The van der Waals surface area contributed by atoms with Crippen LogP contribution in [0.15, 0.2) is 70.1 Å². The molecule has 3 aromatic carbocycles. The summed E-state index contributed by atoms with van der Waals surface area (Å²) < 4.78 is 58.5. The third kappa shape index (κ3) is 6.58. The molecule has 1 heterocycles. The van der Waals surface area contributed by atoms with Crippen molar-refractivity contribution in [1.29, 1.82) is 0 Å².